The van der Waals surface area contributed by atoms with E-state index in [1.165, 1.54) is 0 Å². The fourth-order valence-corrected chi connectivity index (χ4v) is 0. The van der Waals surface area contributed by atoms with E-state index in [0.29, 0.717) is 0 Å². The molecular weight excluding hydrogens is 196 g/mol. The van der Waals surface area contributed by atoms with E-state index in [4.69, 9.17) is 14.1 Å². The number of rotatable bonds is 0. The third kappa shape index (κ3) is 96.6. The molecule has 0 aliphatic rings. The van der Waals surface area contributed by atoms with E-state index in [-0.39, 0.29) is 60.1 Å². The maximum absolute atomic E-state index is 8.74. The summed E-state index contributed by atoms with van der Waals surface area (Å²) in [5.41, 5.74) is 0. The molecule has 32 valence electrons. The molecule has 0 aromatic carbocycles. The first-order valence-corrected chi connectivity index (χ1v) is 1.95. The summed E-state index contributed by atoms with van der Waals surface area (Å²) in [6.45, 7) is 0. The first-order chi connectivity index (χ1) is 1.73. The van der Waals surface area contributed by atoms with Crippen molar-refractivity contribution >= 4 is 28.0 Å². The molecule has 0 rings (SSSR count). The molecule has 0 heterocycles. The van der Waals surface area contributed by atoms with Gasteiger partial charge in [-0.2, -0.15) is 0 Å². The molecular formula is H3LiO3SiTiZn. The Bertz CT molecular complexity index is 37.9. The fraction of sp³-hybridized carbons (Fsp3) is 0. The quantitative estimate of drug-likeness (QED) is 0.433. The molecule has 0 saturated heterocycles. The van der Waals surface area contributed by atoms with Crippen molar-refractivity contribution in [3.63, 3.8) is 0 Å². The van der Waals surface area contributed by atoms with Crippen molar-refractivity contribution in [2.24, 2.45) is 0 Å². The van der Waals surface area contributed by atoms with Gasteiger partial charge in [0.2, 0.25) is 0 Å². The Morgan fingerprint density at radius 3 is 1.29 bits per heavy atom. The summed E-state index contributed by atoms with van der Waals surface area (Å²) >= 11 is 0. The second kappa shape index (κ2) is 15.6. The minimum absolute atomic E-state index is 0. The predicted octanol–water partition coefficient (Wildman–Crippen LogP) is -2.27. The third-order valence-corrected chi connectivity index (χ3v) is 0. The molecule has 0 aromatic heterocycles. The Morgan fingerprint density at radius 1 is 1.29 bits per heavy atom. The first-order valence-electron chi connectivity index (χ1n) is 0.651. The average Bonchev–Trinajstić information content (AvgIpc) is 0.811. The monoisotopic (exact) mass is 198 g/mol. The summed E-state index contributed by atoms with van der Waals surface area (Å²) in [6.07, 6.45) is 0. The Morgan fingerprint density at radius 2 is 1.29 bits per heavy atom. The second-order valence-electron chi connectivity index (χ2n) is 0.283. The summed E-state index contributed by atoms with van der Waals surface area (Å²) in [4.78, 5) is 14.3. The predicted molar refractivity (Wildman–Crippen MR) is 18.0 cm³/mol. The number of hydrogen-bond donors (Lipinski definition) is 2. The molecule has 0 spiro atoms. The molecule has 0 fully saturated rings. The molecule has 7 heteroatoms. The molecule has 0 amide bonds. The van der Waals surface area contributed by atoms with Gasteiger partial charge in [0.1, 0.15) is 0 Å². The van der Waals surface area contributed by atoms with Crippen molar-refractivity contribution in [3.05, 3.63) is 0 Å². The van der Waals surface area contributed by atoms with Crippen LogP contribution in [0.25, 0.3) is 0 Å². The van der Waals surface area contributed by atoms with Gasteiger partial charge >= 0.3 is 28.0 Å². The molecule has 0 radical (unpaired) electrons. The van der Waals surface area contributed by atoms with Crippen LogP contribution in [0.3, 0.4) is 0 Å². The smallest absolute Gasteiger partial charge is 0 e. The molecule has 0 bridgehead atoms. The van der Waals surface area contributed by atoms with Gasteiger partial charge in [-0.3, -0.25) is 4.46 Å². The SMILES string of the molecule is O=[Si](O)O.[LiH].[Ti].[Zn]. The summed E-state index contributed by atoms with van der Waals surface area (Å²) in [6, 6.07) is 0. The van der Waals surface area contributed by atoms with Crippen molar-refractivity contribution in [1.82, 2.24) is 0 Å². The van der Waals surface area contributed by atoms with Crippen LogP contribution in [0.4, 0.5) is 0 Å². The largest absolute Gasteiger partial charge is 0 e. The van der Waals surface area contributed by atoms with Gasteiger partial charge in [0.25, 0.3) is 0 Å². The van der Waals surface area contributed by atoms with Gasteiger partial charge in [-0.1, -0.05) is 0 Å². The van der Waals surface area contributed by atoms with Crippen LogP contribution < -0.4 is 0 Å². The molecule has 0 unspecified atom stereocenters. The third-order valence-electron chi connectivity index (χ3n) is 0. The molecule has 2 N–H and O–H groups in total. The van der Waals surface area contributed by atoms with Crippen molar-refractivity contribution in [2.75, 3.05) is 0 Å². The van der Waals surface area contributed by atoms with Crippen LogP contribution in [-0.4, -0.2) is 37.6 Å². The maximum atomic E-state index is 8.74. The minimum Gasteiger partial charge on any atom is 0 e. The van der Waals surface area contributed by atoms with E-state index in [1.807, 2.05) is 0 Å². The summed E-state index contributed by atoms with van der Waals surface area (Å²) < 4.78 is 8.74. The summed E-state index contributed by atoms with van der Waals surface area (Å²) in [5.74, 6) is 0. The van der Waals surface area contributed by atoms with Crippen molar-refractivity contribution in [3.8, 4) is 0 Å². The minimum atomic E-state index is -3.13. The zero-order valence-electron chi connectivity index (χ0n) is 3.01. The van der Waals surface area contributed by atoms with E-state index in [1.54, 1.807) is 0 Å². The van der Waals surface area contributed by atoms with E-state index in [9.17, 15) is 0 Å². The molecule has 0 aliphatic heterocycles. The van der Waals surface area contributed by atoms with Crippen LogP contribution >= 0.6 is 0 Å². The van der Waals surface area contributed by atoms with Crippen molar-refractivity contribution in [1.29, 1.82) is 0 Å². The summed E-state index contributed by atoms with van der Waals surface area (Å²) in [5, 5.41) is 0. The molecule has 7 heavy (non-hydrogen) atoms. The van der Waals surface area contributed by atoms with Crippen LogP contribution in [0.15, 0.2) is 0 Å². The molecule has 0 aromatic rings. The van der Waals surface area contributed by atoms with Gasteiger partial charge in [0.05, 0.1) is 0 Å². The Balaban J connectivity index is -0.0000000150. The standard InChI is InChI=1S/Li.H2O3Si.Ti.Zn.H/c;1-4(2)3;;;/h;1-2H;;;. The second-order valence-corrected chi connectivity index (χ2v) is 0.848. The van der Waals surface area contributed by atoms with Crippen LogP contribution in [0.5, 0.6) is 0 Å². The van der Waals surface area contributed by atoms with Gasteiger partial charge in [0.15, 0.2) is 0 Å². The maximum Gasteiger partial charge on any atom is 0 e. The first kappa shape index (κ1) is 23.5. The Hall–Kier alpha value is 1.55. The topological polar surface area (TPSA) is 57.5 Å². The number of hydrogen-bond acceptors (Lipinski definition) is 1. The summed E-state index contributed by atoms with van der Waals surface area (Å²) in [7, 11) is -3.13. The van der Waals surface area contributed by atoms with Crippen LogP contribution in [-0.2, 0) is 45.7 Å². The van der Waals surface area contributed by atoms with Gasteiger partial charge in [-0.05, 0) is 0 Å². The molecule has 0 aliphatic carbocycles. The Labute approximate surface area is 82.6 Å². The van der Waals surface area contributed by atoms with Crippen molar-refractivity contribution in [2.45, 2.75) is 0 Å². The Kier molecular flexibility index (Phi) is 52.6. The molecule has 0 atom stereocenters. The van der Waals surface area contributed by atoms with Gasteiger partial charge in [-0.25, -0.2) is 0 Å². The fourth-order valence-electron chi connectivity index (χ4n) is 0. The van der Waals surface area contributed by atoms with E-state index < -0.39 is 9.17 Å². The van der Waals surface area contributed by atoms with E-state index in [0.717, 1.165) is 0 Å². The normalized spacial score (nSPS) is 3.43. The average molecular weight is 199 g/mol. The zero-order valence-corrected chi connectivity index (χ0v) is 8.54. The van der Waals surface area contributed by atoms with Crippen LogP contribution in [0.2, 0.25) is 0 Å². The van der Waals surface area contributed by atoms with Crippen LogP contribution in [0, 0.1) is 0 Å². The van der Waals surface area contributed by atoms with Gasteiger partial charge in [-0.15, -0.1) is 0 Å². The van der Waals surface area contributed by atoms with Crippen LogP contribution in [0.1, 0.15) is 0 Å². The van der Waals surface area contributed by atoms with Gasteiger partial charge < -0.3 is 9.59 Å². The zero-order chi connectivity index (χ0) is 3.58. The molecule has 3 nitrogen and oxygen atoms in total. The van der Waals surface area contributed by atoms with Gasteiger partial charge in [0, 0.05) is 41.2 Å². The molecule has 0 saturated carbocycles. The van der Waals surface area contributed by atoms with E-state index >= 15 is 0 Å². The van der Waals surface area contributed by atoms with Crippen molar-refractivity contribution < 1.29 is 55.2 Å². The van der Waals surface area contributed by atoms with E-state index in [2.05, 4.69) is 0 Å².